The normalized spacial score (nSPS) is 14.9. The van der Waals surface area contributed by atoms with Gasteiger partial charge in [0.1, 0.15) is 28.4 Å². The Morgan fingerprint density at radius 2 is 0.903 bits per heavy atom. The molecule has 8 heteroatoms. The van der Waals surface area contributed by atoms with Crippen molar-refractivity contribution in [2.45, 2.75) is 51.4 Å². The fourth-order valence-corrected chi connectivity index (χ4v) is 11.7. The number of furan rings is 2. The highest BCUT2D eigenvalue weighted by atomic mass is 16.5. The molecule has 14 rings (SSSR count). The van der Waals surface area contributed by atoms with E-state index in [1.807, 2.05) is 84.9 Å². The molecular formula is C64H44N4O4. The molecule has 2 aromatic heterocycles. The highest BCUT2D eigenvalue weighted by Gasteiger charge is 2.47. The summed E-state index contributed by atoms with van der Waals surface area (Å²) in [6.45, 7) is 18.4. The van der Waals surface area contributed by atoms with E-state index < -0.39 is 10.8 Å². The quantitative estimate of drug-likeness (QED) is 0.163. The summed E-state index contributed by atoms with van der Waals surface area (Å²) < 4.78 is 27.2. The first-order valence-corrected chi connectivity index (χ1v) is 24.4. The highest BCUT2D eigenvalue weighted by molar-refractivity contribution is 6.13. The number of hydrogen-bond donors (Lipinski definition) is 0. The molecule has 72 heavy (non-hydrogen) atoms. The first-order valence-electron chi connectivity index (χ1n) is 24.4. The molecule has 11 aromatic rings. The summed E-state index contributed by atoms with van der Waals surface area (Å²) in [6, 6.07) is 60.2. The third-order valence-corrected chi connectivity index (χ3v) is 15.3. The number of hydrogen-bond acceptors (Lipinski definition) is 7. The van der Waals surface area contributed by atoms with E-state index in [0.717, 1.165) is 90.3 Å². The molecule has 2 aliphatic heterocycles. The molecule has 4 heterocycles. The van der Waals surface area contributed by atoms with Crippen molar-refractivity contribution in [2.24, 2.45) is 0 Å². The largest absolute Gasteiger partial charge is 0.456 e. The van der Waals surface area contributed by atoms with Crippen LogP contribution in [-0.2, 0) is 10.8 Å². The van der Waals surface area contributed by atoms with Gasteiger partial charge in [0.2, 0.25) is 5.69 Å². The van der Waals surface area contributed by atoms with Gasteiger partial charge in [-0.25, -0.2) is 4.85 Å². The third kappa shape index (κ3) is 6.03. The Bertz CT molecular complexity index is 3940. The average Bonchev–Trinajstić information content (AvgIpc) is 3.96. The summed E-state index contributed by atoms with van der Waals surface area (Å²) in [7, 11) is 0. The smallest absolute Gasteiger partial charge is 0.216 e. The minimum Gasteiger partial charge on any atom is -0.456 e. The first kappa shape index (κ1) is 41.7. The Balaban J connectivity index is 1.15. The van der Waals surface area contributed by atoms with Crippen molar-refractivity contribution in [3.63, 3.8) is 0 Å². The van der Waals surface area contributed by atoms with Crippen LogP contribution in [0.2, 0.25) is 0 Å². The van der Waals surface area contributed by atoms with Gasteiger partial charge in [0, 0.05) is 33.7 Å². The van der Waals surface area contributed by atoms with Gasteiger partial charge in [0.15, 0.2) is 23.0 Å². The van der Waals surface area contributed by atoms with Crippen LogP contribution in [0, 0.1) is 17.9 Å². The van der Waals surface area contributed by atoms with Crippen molar-refractivity contribution < 1.29 is 18.3 Å². The Labute approximate surface area is 415 Å². The van der Waals surface area contributed by atoms with E-state index in [-0.39, 0.29) is 0 Å². The molecule has 0 saturated heterocycles. The monoisotopic (exact) mass is 932 g/mol. The second-order valence-electron chi connectivity index (χ2n) is 20.5. The van der Waals surface area contributed by atoms with Crippen LogP contribution in [0.4, 0.5) is 39.8 Å². The SMILES string of the molecule is [C-]#[N+]c1c(N2c3ccc(-c4ccccc4)cc3Oc3cc4oc5ccccc5c4cc32)c(N2c3ccc(-c4ccccc4)cc3Oc3cc4oc5ccccc5c4cc32)c(C#N)c2c1C(C)(C)CCC2(C)C. The molecular weight excluding hydrogens is 889 g/mol. The lowest BCUT2D eigenvalue weighted by atomic mass is 9.61. The topological polar surface area (TPSA) is 79.4 Å². The van der Waals surface area contributed by atoms with E-state index in [2.05, 4.69) is 133 Å². The zero-order chi connectivity index (χ0) is 48.6. The van der Waals surface area contributed by atoms with Gasteiger partial charge >= 0.3 is 0 Å². The molecule has 0 amide bonds. The van der Waals surface area contributed by atoms with Gasteiger partial charge in [0.05, 0.1) is 46.3 Å². The van der Waals surface area contributed by atoms with Crippen LogP contribution in [0.25, 0.3) is 71.0 Å². The fraction of sp³-hybridized carbons (Fsp3) is 0.125. The zero-order valence-corrected chi connectivity index (χ0v) is 40.0. The van der Waals surface area contributed by atoms with Crippen LogP contribution >= 0.6 is 0 Å². The lowest BCUT2D eigenvalue weighted by Crippen LogP contribution is -2.36. The van der Waals surface area contributed by atoms with Crippen molar-refractivity contribution >= 4 is 83.7 Å². The van der Waals surface area contributed by atoms with Crippen molar-refractivity contribution in [1.29, 1.82) is 5.26 Å². The lowest BCUT2D eigenvalue weighted by molar-refractivity contribution is 0.333. The standard InChI is InChI=1S/C64H44N4O4/c1-63(2)28-29-64(3,4)59-58(63)45(36-65)61(67-46-26-24-39(37-16-8-6-9-17-37)30-54(46)71-56-34-52-43(32-48(56)67)41-20-12-14-22-50(41)69-52)62(60(59)66-5)68-47-27-25-40(38-18-10-7-11-19-38)31-55(47)72-57-35-53-44(33-49(57)68)42-21-13-15-23-51(42)70-53/h6-27,30-35H,28-29H2,1-4H3. The number of ether oxygens (including phenoxy) is 2. The molecule has 344 valence electrons. The summed E-state index contributed by atoms with van der Waals surface area (Å²) in [5, 5.41) is 15.9. The molecule has 0 spiro atoms. The van der Waals surface area contributed by atoms with E-state index >= 15 is 0 Å². The number of nitriles is 1. The number of nitrogens with zero attached hydrogens (tertiary/aromatic N) is 4. The molecule has 9 aromatic carbocycles. The Morgan fingerprint density at radius 1 is 0.458 bits per heavy atom. The maximum absolute atomic E-state index is 12.2. The van der Waals surface area contributed by atoms with E-state index in [1.165, 1.54) is 0 Å². The summed E-state index contributed by atoms with van der Waals surface area (Å²) in [5.74, 6) is 2.30. The van der Waals surface area contributed by atoms with Gasteiger partial charge in [-0.05, 0) is 106 Å². The van der Waals surface area contributed by atoms with E-state index in [1.54, 1.807) is 0 Å². The van der Waals surface area contributed by atoms with E-state index in [0.29, 0.717) is 68.2 Å². The molecule has 3 aliphatic rings. The number of rotatable bonds is 4. The molecule has 0 unspecified atom stereocenters. The van der Waals surface area contributed by atoms with Gasteiger partial charge in [-0.3, -0.25) is 0 Å². The zero-order valence-electron chi connectivity index (χ0n) is 40.0. The number of fused-ring (bicyclic) bond motifs is 11. The number of anilines is 6. The Kier molecular flexibility index (Phi) is 8.76. The predicted octanol–water partition coefficient (Wildman–Crippen LogP) is 18.7. The van der Waals surface area contributed by atoms with Crippen LogP contribution in [0.5, 0.6) is 23.0 Å². The minimum atomic E-state index is -0.476. The molecule has 0 atom stereocenters. The molecule has 8 nitrogen and oxygen atoms in total. The lowest BCUT2D eigenvalue weighted by Gasteiger charge is -2.47. The maximum atomic E-state index is 12.2. The Hall–Kier alpha value is -9.24. The van der Waals surface area contributed by atoms with Crippen LogP contribution in [0.1, 0.15) is 57.2 Å². The fourth-order valence-electron chi connectivity index (χ4n) is 11.7. The molecule has 0 fully saturated rings. The molecule has 0 N–H and O–H groups in total. The summed E-state index contributed by atoms with van der Waals surface area (Å²) in [6.07, 6.45) is 1.65. The van der Waals surface area contributed by atoms with Crippen LogP contribution in [0.3, 0.4) is 0 Å². The van der Waals surface area contributed by atoms with Crippen LogP contribution in [-0.4, -0.2) is 0 Å². The van der Waals surface area contributed by atoms with Gasteiger partial charge in [-0.1, -0.05) is 137 Å². The van der Waals surface area contributed by atoms with Crippen molar-refractivity contribution in [1.82, 2.24) is 0 Å². The molecule has 0 saturated carbocycles. The molecule has 1 aliphatic carbocycles. The number of para-hydroxylation sites is 2. The second-order valence-corrected chi connectivity index (χ2v) is 20.5. The molecule has 0 radical (unpaired) electrons. The summed E-state index contributed by atoms with van der Waals surface area (Å²) in [5.41, 5.74) is 12.7. The van der Waals surface area contributed by atoms with Crippen LogP contribution in [0.15, 0.2) is 179 Å². The van der Waals surface area contributed by atoms with E-state index in [4.69, 9.17) is 18.3 Å². The summed E-state index contributed by atoms with van der Waals surface area (Å²) >= 11 is 0. The highest BCUT2D eigenvalue weighted by Crippen LogP contribution is 2.66. The predicted molar refractivity (Wildman–Crippen MR) is 288 cm³/mol. The third-order valence-electron chi connectivity index (χ3n) is 15.3. The minimum absolute atomic E-state index is 0.475. The van der Waals surface area contributed by atoms with Gasteiger partial charge in [0.25, 0.3) is 0 Å². The number of benzene rings is 9. The van der Waals surface area contributed by atoms with Gasteiger partial charge < -0.3 is 28.1 Å². The van der Waals surface area contributed by atoms with Crippen molar-refractivity contribution in [2.75, 3.05) is 9.80 Å². The second kappa shape index (κ2) is 15.1. The van der Waals surface area contributed by atoms with Crippen LogP contribution < -0.4 is 19.3 Å². The van der Waals surface area contributed by atoms with Gasteiger partial charge in [-0.15, -0.1) is 0 Å². The maximum Gasteiger partial charge on any atom is 0.216 e. The van der Waals surface area contributed by atoms with Crippen molar-refractivity contribution in [3.8, 4) is 51.3 Å². The first-order chi connectivity index (χ1) is 35.1. The summed E-state index contributed by atoms with van der Waals surface area (Å²) in [4.78, 5) is 9.05. The average molecular weight is 933 g/mol. The van der Waals surface area contributed by atoms with E-state index in [9.17, 15) is 11.8 Å². The van der Waals surface area contributed by atoms with Crippen molar-refractivity contribution in [3.05, 3.63) is 198 Å². The molecule has 0 bridgehead atoms. The van der Waals surface area contributed by atoms with Gasteiger partial charge in [-0.2, -0.15) is 5.26 Å². The Morgan fingerprint density at radius 3 is 1.39 bits per heavy atom.